The van der Waals surface area contributed by atoms with Gasteiger partial charge in [0.2, 0.25) is 11.8 Å². The average Bonchev–Trinajstić information content (AvgIpc) is 2.66. The Morgan fingerprint density at radius 1 is 0.692 bits per heavy atom. The molecule has 2 atom stereocenters. The Morgan fingerprint density at radius 2 is 1.04 bits per heavy atom. The van der Waals surface area contributed by atoms with Crippen molar-refractivity contribution >= 4 is 11.8 Å². The summed E-state index contributed by atoms with van der Waals surface area (Å²) in [6.45, 7) is 0.621. The lowest BCUT2D eigenvalue weighted by Crippen LogP contribution is -2.47. The van der Waals surface area contributed by atoms with Crippen LogP contribution in [0.15, 0.2) is 60.7 Å². The molecule has 6 nitrogen and oxygen atoms in total. The van der Waals surface area contributed by atoms with Crippen LogP contribution in [-0.2, 0) is 22.4 Å². The number of hydrogen-bond donors (Lipinski definition) is 4. The molecule has 2 rings (SSSR count). The minimum Gasteiger partial charge on any atom is -0.353 e. The summed E-state index contributed by atoms with van der Waals surface area (Å²) in [6.07, 6.45) is 0.946. The van der Waals surface area contributed by atoms with E-state index in [4.69, 9.17) is 11.5 Å². The normalized spacial score (nSPS) is 12.8. The fraction of sp³-hybridized carbons (Fsp3) is 0.300. The molecule has 138 valence electrons. The predicted molar refractivity (Wildman–Crippen MR) is 102 cm³/mol. The lowest BCUT2D eigenvalue weighted by molar-refractivity contribution is -0.124. The molecule has 0 unspecified atom stereocenters. The fourth-order valence-electron chi connectivity index (χ4n) is 2.56. The largest absolute Gasteiger partial charge is 0.353 e. The molecule has 0 heterocycles. The van der Waals surface area contributed by atoms with Crippen LogP contribution in [0, 0.1) is 0 Å². The first-order valence-corrected chi connectivity index (χ1v) is 8.70. The van der Waals surface area contributed by atoms with E-state index in [-0.39, 0.29) is 11.8 Å². The van der Waals surface area contributed by atoms with Crippen molar-refractivity contribution in [1.82, 2.24) is 10.6 Å². The van der Waals surface area contributed by atoms with Crippen LogP contribution in [0.4, 0.5) is 0 Å². The van der Waals surface area contributed by atoms with Gasteiger partial charge in [-0.15, -0.1) is 0 Å². The summed E-state index contributed by atoms with van der Waals surface area (Å²) < 4.78 is 0. The summed E-state index contributed by atoms with van der Waals surface area (Å²) in [5.41, 5.74) is 13.8. The first-order valence-electron chi connectivity index (χ1n) is 8.70. The van der Waals surface area contributed by atoms with E-state index < -0.39 is 12.1 Å². The van der Waals surface area contributed by atoms with E-state index >= 15 is 0 Å². The number of benzene rings is 2. The molecule has 0 spiro atoms. The Balaban J connectivity index is 1.64. The number of nitrogens with two attached hydrogens (primary N) is 2. The molecule has 0 aliphatic heterocycles. The van der Waals surface area contributed by atoms with Gasteiger partial charge in [0.05, 0.1) is 12.1 Å². The lowest BCUT2D eigenvalue weighted by Gasteiger charge is -2.14. The van der Waals surface area contributed by atoms with Gasteiger partial charge in [-0.05, 0) is 24.0 Å². The second-order valence-corrected chi connectivity index (χ2v) is 6.17. The summed E-state index contributed by atoms with van der Waals surface area (Å²) >= 11 is 0. The zero-order chi connectivity index (χ0) is 18.8. The standard InChI is InChI=1S/C20H26N4O2/c21-17(13-15-7-3-1-4-8-15)19(25)23-11-12-24-20(26)18(22)14-16-9-5-2-6-10-16/h1-10,17-18H,11-14,21-22H2,(H,23,25)(H,24,26)/t17-,18-/m0/s1. The maximum Gasteiger partial charge on any atom is 0.237 e. The van der Waals surface area contributed by atoms with Crippen LogP contribution in [0.1, 0.15) is 11.1 Å². The van der Waals surface area contributed by atoms with Crippen molar-refractivity contribution < 1.29 is 9.59 Å². The van der Waals surface area contributed by atoms with Crippen molar-refractivity contribution in [2.75, 3.05) is 13.1 Å². The van der Waals surface area contributed by atoms with Gasteiger partial charge in [0.25, 0.3) is 0 Å². The lowest BCUT2D eigenvalue weighted by atomic mass is 10.1. The molecule has 2 aromatic rings. The van der Waals surface area contributed by atoms with E-state index in [0.29, 0.717) is 25.9 Å². The molecule has 0 aromatic heterocycles. The summed E-state index contributed by atoms with van der Waals surface area (Å²) in [7, 11) is 0. The minimum absolute atomic E-state index is 0.239. The number of amides is 2. The highest BCUT2D eigenvalue weighted by Gasteiger charge is 2.15. The molecule has 0 fully saturated rings. The van der Waals surface area contributed by atoms with Gasteiger partial charge < -0.3 is 22.1 Å². The molecule has 0 aliphatic rings. The summed E-state index contributed by atoms with van der Waals surface area (Å²) in [6, 6.07) is 18.0. The molecule has 0 saturated carbocycles. The molecular formula is C20H26N4O2. The topological polar surface area (TPSA) is 110 Å². The highest BCUT2D eigenvalue weighted by Crippen LogP contribution is 2.02. The smallest absolute Gasteiger partial charge is 0.237 e. The summed E-state index contributed by atoms with van der Waals surface area (Å²) in [5.74, 6) is -0.478. The molecule has 6 N–H and O–H groups in total. The highest BCUT2D eigenvalue weighted by atomic mass is 16.2. The van der Waals surface area contributed by atoms with Crippen LogP contribution >= 0.6 is 0 Å². The van der Waals surface area contributed by atoms with Crippen molar-refractivity contribution in [3.8, 4) is 0 Å². The van der Waals surface area contributed by atoms with E-state index in [1.54, 1.807) is 0 Å². The molecule has 26 heavy (non-hydrogen) atoms. The van der Waals surface area contributed by atoms with Gasteiger partial charge in [-0.2, -0.15) is 0 Å². The van der Waals surface area contributed by atoms with E-state index in [9.17, 15) is 9.59 Å². The van der Waals surface area contributed by atoms with Gasteiger partial charge in [0.15, 0.2) is 0 Å². The molecule has 6 heteroatoms. The van der Waals surface area contributed by atoms with Crippen molar-refractivity contribution in [2.45, 2.75) is 24.9 Å². The number of carbonyl (C=O) groups excluding carboxylic acids is 2. The molecule has 0 saturated heterocycles. The highest BCUT2D eigenvalue weighted by molar-refractivity contribution is 5.83. The van der Waals surface area contributed by atoms with Gasteiger partial charge in [0.1, 0.15) is 0 Å². The SMILES string of the molecule is N[C@@H](Cc1ccccc1)C(=O)NCCNC(=O)[C@@H](N)Cc1ccccc1. The summed E-state index contributed by atoms with van der Waals surface area (Å²) in [5, 5.41) is 5.45. The van der Waals surface area contributed by atoms with Crippen molar-refractivity contribution in [2.24, 2.45) is 11.5 Å². The Bertz CT molecular complexity index is 630. The Hall–Kier alpha value is -2.70. The monoisotopic (exact) mass is 354 g/mol. The molecule has 0 aliphatic carbocycles. The van der Waals surface area contributed by atoms with Crippen molar-refractivity contribution in [1.29, 1.82) is 0 Å². The zero-order valence-electron chi connectivity index (χ0n) is 14.7. The van der Waals surface area contributed by atoms with Crippen LogP contribution in [-0.4, -0.2) is 37.0 Å². The zero-order valence-corrected chi connectivity index (χ0v) is 14.7. The van der Waals surface area contributed by atoms with Crippen LogP contribution in [0.3, 0.4) is 0 Å². The quantitative estimate of drug-likeness (QED) is 0.487. The van der Waals surface area contributed by atoms with Gasteiger partial charge >= 0.3 is 0 Å². The van der Waals surface area contributed by atoms with Crippen LogP contribution in [0.5, 0.6) is 0 Å². The average molecular weight is 354 g/mol. The maximum absolute atomic E-state index is 12.0. The van der Waals surface area contributed by atoms with Crippen molar-refractivity contribution in [3.05, 3.63) is 71.8 Å². The van der Waals surface area contributed by atoms with Gasteiger partial charge in [-0.1, -0.05) is 60.7 Å². The molecular weight excluding hydrogens is 328 g/mol. The van der Waals surface area contributed by atoms with Gasteiger partial charge in [-0.3, -0.25) is 9.59 Å². The first kappa shape index (κ1) is 19.6. The fourth-order valence-corrected chi connectivity index (χ4v) is 2.56. The third kappa shape index (κ3) is 6.66. The second kappa shape index (κ2) is 10.3. The minimum atomic E-state index is -0.617. The number of carbonyl (C=O) groups is 2. The first-order chi connectivity index (χ1) is 12.6. The molecule has 2 amide bonds. The van der Waals surface area contributed by atoms with E-state index in [0.717, 1.165) is 11.1 Å². The Kier molecular flexibility index (Phi) is 7.79. The van der Waals surface area contributed by atoms with E-state index in [1.165, 1.54) is 0 Å². The predicted octanol–water partition coefficient (Wildman–Crippen LogP) is 0.359. The van der Waals surface area contributed by atoms with Crippen LogP contribution < -0.4 is 22.1 Å². The number of rotatable bonds is 9. The third-order valence-corrected chi connectivity index (χ3v) is 3.99. The Labute approximate surface area is 154 Å². The van der Waals surface area contributed by atoms with Gasteiger partial charge in [-0.25, -0.2) is 0 Å². The van der Waals surface area contributed by atoms with Crippen LogP contribution in [0.2, 0.25) is 0 Å². The third-order valence-electron chi connectivity index (χ3n) is 3.99. The van der Waals surface area contributed by atoms with E-state index in [2.05, 4.69) is 10.6 Å². The van der Waals surface area contributed by atoms with E-state index in [1.807, 2.05) is 60.7 Å². The Morgan fingerprint density at radius 3 is 1.38 bits per heavy atom. The molecule has 0 radical (unpaired) electrons. The molecule has 2 aromatic carbocycles. The van der Waals surface area contributed by atoms with Crippen molar-refractivity contribution in [3.63, 3.8) is 0 Å². The summed E-state index contributed by atoms with van der Waals surface area (Å²) in [4.78, 5) is 24.0. The van der Waals surface area contributed by atoms with Gasteiger partial charge in [0, 0.05) is 13.1 Å². The number of hydrogen-bond acceptors (Lipinski definition) is 4. The second-order valence-electron chi connectivity index (χ2n) is 6.17. The maximum atomic E-state index is 12.0. The molecule has 0 bridgehead atoms. The van der Waals surface area contributed by atoms with Crippen LogP contribution in [0.25, 0.3) is 0 Å². The number of nitrogens with one attached hydrogen (secondary N) is 2.